The third-order valence-electron chi connectivity index (χ3n) is 2.46. The van der Waals surface area contributed by atoms with Crippen molar-refractivity contribution in [2.24, 2.45) is 0 Å². The highest BCUT2D eigenvalue weighted by Crippen LogP contribution is 2.34. The average molecular weight is 178 g/mol. The predicted octanol–water partition coefficient (Wildman–Crippen LogP) is 1.22. The minimum Gasteiger partial charge on any atom is -0.494 e. The van der Waals surface area contributed by atoms with Crippen LogP contribution in [0.2, 0.25) is 0 Å². The standard InChI is InChI=1S/C10H14N2O/c1-12-5-7-3-4-9(11)10(13-2)8(7)6-12/h3-4H,5-6,11H2,1-2H3. The maximum absolute atomic E-state index is 5.81. The second-order valence-corrected chi connectivity index (χ2v) is 3.50. The molecule has 0 aromatic heterocycles. The van der Waals surface area contributed by atoms with Crippen molar-refractivity contribution in [3.05, 3.63) is 23.3 Å². The van der Waals surface area contributed by atoms with E-state index >= 15 is 0 Å². The number of benzene rings is 1. The van der Waals surface area contributed by atoms with Crippen LogP contribution in [0.5, 0.6) is 5.75 Å². The van der Waals surface area contributed by atoms with Crippen molar-refractivity contribution in [2.75, 3.05) is 19.9 Å². The van der Waals surface area contributed by atoms with Gasteiger partial charge in [0, 0.05) is 18.7 Å². The Morgan fingerprint density at radius 1 is 1.38 bits per heavy atom. The smallest absolute Gasteiger partial charge is 0.146 e. The summed E-state index contributed by atoms with van der Waals surface area (Å²) in [5, 5.41) is 0. The van der Waals surface area contributed by atoms with Crippen LogP contribution in [0.15, 0.2) is 12.1 Å². The highest BCUT2D eigenvalue weighted by Gasteiger charge is 2.20. The SMILES string of the molecule is COc1c(N)ccc2c1CN(C)C2. The van der Waals surface area contributed by atoms with Crippen LogP contribution >= 0.6 is 0 Å². The molecule has 0 unspecified atom stereocenters. The Hall–Kier alpha value is -1.22. The van der Waals surface area contributed by atoms with Gasteiger partial charge in [0.1, 0.15) is 5.75 Å². The van der Waals surface area contributed by atoms with E-state index in [4.69, 9.17) is 10.5 Å². The molecule has 0 aliphatic carbocycles. The van der Waals surface area contributed by atoms with E-state index in [2.05, 4.69) is 18.0 Å². The van der Waals surface area contributed by atoms with E-state index < -0.39 is 0 Å². The van der Waals surface area contributed by atoms with E-state index in [1.807, 2.05) is 6.07 Å². The Labute approximate surface area is 78.1 Å². The summed E-state index contributed by atoms with van der Waals surface area (Å²) in [6, 6.07) is 3.99. The van der Waals surface area contributed by atoms with Crippen LogP contribution in [0.25, 0.3) is 0 Å². The van der Waals surface area contributed by atoms with Crippen LogP contribution in [-0.4, -0.2) is 19.1 Å². The van der Waals surface area contributed by atoms with Gasteiger partial charge in [0.25, 0.3) is 0 Å². The molecule has 0 bridgehead atoms. The number of nitrogen functional groups attached to an aromatic ring is 1. The van der Waals surface area contributed by atoms with Crippen molar-refractivity contribution in [2.45, 2.75) is 13.1 Å². The summed E-state index contributed by atoms with van der Waals surface area (Å²) in [5.74, 6) is 0.849. The summed E-state index contributed by atoms with van der Waals surface area (Å²) >= 11 is 0. The van der Waals surface area contributed by atoms with Gasteiger partial charge in [-0.05, 0) is 18.7 Å². The van der Waals surface area contributed by atoms with E-state index in [1.165, 1.54) is 11.1 Å². The molecule has 0 saturated heterocycles. The number of rotatable bonds is 1. The van der Waals surface area contributed by atoms with Crippen LogP contribution in [0, 0.1) is 0 Å². The van der Waals surface area contributed by atoms with Gasteiger partial charge in [-0.25, -0.2) is 0 Å². The quantitative estimate of drug-likeness (QED) is 0.657. The minimum absolute atomic E-state index is 0.733. The van der Waals surface area contributed by atoms with Crippen molar-refractivity contribution in [1.29, 1.82) is 0 Å². The number of fused-ring (bicyclic) bond motifs is 1. The fraction of sp³-hybridized carbons (Fsp3) is 0.400. The molecule has 3 nitrogen and oxygen atoms in total. The Kier molecular flexibility index (Phi) is 1.88. The van der Waals surface area contributed by atoms with Gasteiger partial charge in [-0.3, -0.25) is 4.90 Å². The molecule has 0 radical (unpaired) electrons. The number of methoxy groups -OCH3 is 1. The molecular weight excluding hydrogens is 164 g/mol. The van der Waals surface area contributed by atoms with Crippen LogP contribution in [-0.2, 0) is 13.1 Å². The molecule has 3 heteroatoms. The third kappa shape index (κ3) is 1.25. The highest BCUT2D eigenvalue weighted by atomic mass is 16.5. The summed E-state index contributed by atoms with van der Waals surface area (Å²) in [6.45, 7) is 1.93. The van der Waals surface area contributed by atoms with Gasteiger partial charge in [-0.15, -0.1) is 0 Å². The molecule has 0 atom stereocenters. The summed E-state index contributed by atoms with van der Waals surface area (Å²) in [7, 11) is 3.76. The van der Waals surface area contributed by atoms with Gasteiger partial charge in [-0.1, -0.05) is 6.07 Å². The lowest BCUT2D eigenvalue weighted by molar-refractivity contribution is 0.346. The molecule has 0 saturated carbocycles. The maximum atomic E-state index is 5.81. The van der Waals surface area contributed by atoms with E-state index in [0.29, 0.717) is 0 Å². The number of hydrogen-bond donors (Lipinski definition) is 1. The van der Waals surface area contributed by atoms with Crippen LogP contribution in [0.4, 0.5) is 5.69 Å². The molecule has 0 fully saturated rings. The largest absolute Gasteiger partial charge is 0.494 e. The fourth-order valence-electron chi connectivity index (χ4n) is 1.87. The molecule has 2 N–H and O–H groups in total. The number of nitrogens with zero attached hydrogens (tertiary/aromatic N) is 1. The van der Waals surface area contributed by atoms with Crippen molar-refractivity contribution in [3.8, 4) is 5.75 Å². The summed E-state index contributed by atoms with van der Waals surface area (Å²) < 4.78 is 5.28. The van der Waals surface area contributed by atoms with Crippen LogP contribution in [0.3, 0.4) is 0 Å². The molecule has 13 heavy (non-hydrogen) atoms. The lowest BCUT2D eigenvalue weighted by atomic mass is 10.1. The molecule has 1 heterocycles. The van der Waals surface area contributed by atoms with Crippen molar-refractivity contribution >= 4 is 5.69 Å². The van der Waals surface area contributed by atoms with E-state index in [0.717, 1.165) is 24.5 Å². The minimum atomic E-state index is 0.733. The lowest BCUT2D eigenvalue weighted by Gasteiger charge is -2.09. The van der Waals surface area contributed by atoms with Gasteiger partial charge in [0.15, 0.2) is 0 Å². The molecule has 1 aliphatic heterocycles. The molecule has 0 spiro atoms. The zero-order chi connectivity index (χ0) is 9.42. The summed E-state index contributed by atoms with van der Waals surface area (Å²) in [5.41, 5.74) is 9.11. The Morgan fingerprint density at radius 3 is 2.85 bits per heavy atom. The number of anilines is 1. The molecule has 0 amide bonds. The van der Waals surface area contributed by atoms with Crippen LogP contribution < -0.4 is 10.5 Å². The average Bonchev–Trinajstić information content (AvgIpc) is 2.45. The zero-order valence-electron chi connectivity index (χ0n) is 8.00. The first-order valence-corrected chi connectivity index (χ1v) is 4.35. The van der Waals surface area contributed by atoms with E-state index in [9.17, 15) is 0 Å². The number of nitrogens with two attached hydrogens (primary N) is 1. The third-order valence-corrected chi connectivity index (χ3v) is 2.46. The Balaban J connectivity index is 2.52. The van der Waals surface area contributed by atoms with Crippen molar-refractivity contribution in [3.63, 3.8) is 0 Å². The lowest BCUT2D eigenvalue weighted by Crippen LogP contribution is -2.07. The molecule has 1 aromatic rings. The van der Waals surface area contributed by atoms with E-state index in [-0.39, 0.29) is 0 Å². The fourth-order valence-corrected chi connectivity index (χ4v) is 1.87. The Bertz CT molecular complexity index is 336. The summed E-state index contributed by atoms with van der Waals surface area (Å²) in [6.07, 6.45) is 0. The van der Waals surface area contributed by atoms with Crippen LogP contribution in [0.1, 0.15) is 11.1 Å². The van der Waals surface area contributed by atoms with Gasteiger partial charge in [0.2, 0.25) is 0 Å². The molecular formula is C10H14N2O. The van der Waals surface area contributed by atoms with Gasteiger partial charge < -0.3 is 10.5 Å². The topological polar surface area (TPSA) is 38.5 Å². The molecule has 2 rings (SSSR count). The maximum Gasteiger partial charge on any atom is 0.146 e. The predicted molar refractivity (Wildman–Crippen MR) is 52.6 cm³/mol. The normalized spacial score (nSPS) is 15.8. The first-order valence-electron chi connectivity index (χ1n) is 4.35. The first-order chi connectivity index (χ1) is 6.22. The van der Waals surface area contributed by atoms with Gasteiger partial charge in [-0.2, -0.15) is 0 Å². The highest BCUT2D eigenvalue weighted by molar-refractivity contribution is 5.60. The second kappa shape index (κ2) is 2.92. The second-order valence-electron chi connectivity index (χ2n) is 3.50. The van der Waals surface area contributed by atoms with Gasteiger partial charge in [0.05, 0.1) is 12.8 Å². The molecule has 70 valence electrons. The Morgan fingerprint density at radius 2 is 2.15 bits per heavy atom. The monoisotopic (exact) mass is 178 g/mol. The zero-order valence-corrected chi connectivity index (χ0v) is 8.00. The number of ether oxygens (including phenoxy) is 1. The molecule has 1 aromatic carbocycles. The summed E-state index contributed by atoms with van der Waals surface area (Å²) in [4.78, 5) is 2.24. The molecule has 1 aliphatic rings. The van der Waals surface area contributed by atoms with Gasteiger partial charge >= 0.3 is 0 Å². The van der Waals surface area contributed by atoms with Crippen molar-refractivity contribution < 1.29 is 4.74 Å². The first kappa shape index (κ1) is 8.38. The number of hydrogen-bond acceptors (Lipinski definition) is 3. The van der Waals surface area contributed by atoms with E-state index in [1.54, 1.807) is 7.11 Å². The van der Waals surface area contributed by atoms with Crippen molar-refractivity contribution in [1.82, 2.24) is 4.90 Å².